The highest BCUT2D eigenvalue weighted by Gasteiger charge is 2.10. The molecule has 4 aromatic rings. The normalized spacial score (nSPS) is 10.6. The van der Waals surface area contributed by atoms with Crippen LogP contribution in [-0.4, -0.2) is 16.2 Å². The van der Waals surface area contributed by atoms with Crippen molar-refractivity contribution in [3.05, 3.63) is 78.7 Å². The molecule has 0 fully saturated rings. The number of urea groups is 1. The summed E-state index contributed by atoms with van der Waals surface area (Å²) in [6.45, 7) is 0.149. The van der Waals surface area contributed by atoms with Crippen molar-refractivity contribution in [3.63, 3.8) is 0 Å². The quantitative estimate of drug-likeness (QED) is 0.581. The van der Waals surface area contributed by atoms with Crippen LogP contribution in [0, 0.1) is 0 Å². The molecule has 6 heteroatoms. The Labute approximate surface area is 149 Å². The maximum absolute atomic E-state index is 12.2. The Morgan fingerprint density at radius 3 is 2.58 bits per heavy atom. The Hall–Kier alpha value is -3.67. The van der Waals surface area contributed by atoms with E-state index in [-0.39, 0.29) is 12.6 Å². The second kappa shape index (κ2) is 7.06. The molecule has 0 aliphatic heterocycles. The highest BCUT2D eigenvalue weighted by Crippen LogP contribution is 2.22. The zero-order chi connectivity index (χ0) is 17.8. The van der Waals surface area contributed by atoms with Crippen LogP contribution in [0.4, 0.5) is 10.5 Å². The van der Waals surface area contributed by atoms with E-state index in [1.54, 1.807) is 0 Å². The molecule has 26 heavy (non-hydrogen) atoms. The van der Waals surface area contributed by atoms with Crippen molar-refractivity contribution in [1.82, 2.24) is 15.5 Å². The average molecular weight is 344 g/mol. The predicted octanol–water partition coefficient (Wildman–Crippen LogP) is 4.21. The number of anilines is 1. The summed E-state index contributed by atoms with van der Waals surface area (Å²) in [4.78, 5) is 16.5. The number of benzene rings is 3. The van der Waals surface area contributed by atoms with Crippen molar-refractivity contribution in [2.75, 3.05) is 5.32 Å². The van der Waals surface area contributed by atoms with Crippen LogP contribution in [-0.2, 0) is 6.54 Å². The van der Waals surface area contributed by atoms with Crippen LogP contribution in [0.1, 0.15) is 5.89 Å². The molecule has 0 saturated carbocycles. The summed E-state index contributed by atoms with van der Waals surface area (Å²) in [6.07, 6.45) is 0. The first kappa shape index (κ1) is 15.8. The molecule has 0 unspecified atom stereocenters. The van der Waals surface area contributed by atoms with Gasteiger partial charge in [0.1, 0.15) is 0 Å². The third-order valence-electron chi connectivity index (χ3n) is 3.94. The van der Waals surface area contributed by atoms with Crippen LogP contribution >= 0.6 is 0 Å². The molecule has 0 bridgehead atoms. The zero-order valence-corrected chi connectivity index (χ0v) is 13.8. The first-order valence-corrected chi connectivity index (χ1v) is 8.20. The van der Waals surface area contributed by atoms with Gasteiger partial charge in [0.2, 0.25) is 11.7 Å². The Kier molecular flexibility index (Phi) is 4.30. The number of rotatable bonds is 4. The molecular weight excluding hydrogens is 328 g/mol. The molecule has 0 aliphatic rings. The molecule has 0 saturated heterocycles. The third kappa shape index (κ3) is 3.39. The Balaban J connectivity index is 1.41. The standard InChI is InChI=1S/C20H16N4O2/c25-20(22-17-12-6-10-14-7-4-5-11-16(14)17)21-13-18-23-19(24-26-18)15-8-2-1-3-9-15/h1-12H,13H2,(H2,21,22,25). The molecule has 1 heterocycles. The number of nitrogens with one attached hydrogen (secondary N) is 2. The number of hydrogen-bond acceptors (Lipinski definition) is 4. The third-order valence-corrected chi connectivity index (χ3v) is 3.94. The maximum Gasteiger partial charge on any atom is 0.319 e. The van der Waals surface area contributed by atoms with Crippen LogP contribution in [0.15, 0.2) is 77.3 Å². The van der Waals surface area contributed by atoms with Crippen molar-refractivity contribution in [2.45, 2.75) is 6.54 Å². The lowest BCUT2D eigenvalue weighted by molar-refractivity contribution is 0.249. The SMILES string of the molecule is O=C(NCc1nc(-c2ccccc2)no1)Nc1cccc2ccccc12. The number of nitrogens with zero attached hydrogens (tertiary/aromatic N) is 2. The van der Waals surface area contributed by atoms with Gasteiger partial charge < -0.3 is 15.2 Å². The molecule has 1 aromatic heterocycles. The van der Waals surface area contributed by atoms with Crippen molar-refractivity contribution >= 4 is 22.5 Å². The number of carbonyl (C=O) groups excluding carboxylic acids is 1. The smallest absolute Gasteiger partial charge is 0.319 e. The van der Waals surface area contributed by atoms with Gasteiger partial charge in [0.15, 0.2) is 0 Å². The molecule has 2 amide bonds. The Morgan fingerprint density at radius 2 is 1.69 bits per heavy atom. The zero-order valence-electron chi connectivity index (χ0n) is 13.8. The van der Waals surface area contributed by atoms with Crippen molar-refractivity contribution in [1.29, 1.82) is 0 Å². The lowest BCUT2D eigenvalue weighted by Crippen LogP contribution is -2.28. The van der Waals surface area contributed by atoms with Crippen LogP contribution < -0.4 is 10.6 Å². The van der Waals surface area contributed by atoms with E-state index in [0.717, 1.165) is 22.0 Å². The van der Waals surface area contributed by atoms with E-state index in [9.17, 15) is 4.79 Å². The van der Waals surface area contributed by atoms with Gasteiger partial charge >= 0.3 is 6.03 Å². The van der Waals surface area contributed by atoms with Gasteiger partial charge in [-0.1, -0.05) is 71.9 Å². The van der Waals surface area contributed by atoms with Gasteiger partial charge in [-0.25, -0.2) is 4.79 Å². The van der Waals surface area contributed by atoms with Gasteiger partial charge in [-0.3, -0.25) is 0 Å². The summed E-state index contributed by atoms with van der Waals surface area (Å²) in [7, 11) is 0. The first-order chi connectivity index (χ1) is 12.8. The van der Waals surface area contributed by atoms with Crippen molar-refractivity contribution in [2.24, 2.45) is 0 Å². The van der Waals surface area contributed by atoms with Gasteiger partial charge in [0, 0.05) is 10.9 Å². The van der Waals surface area contributed by atoms with Crippen LogP contribution in [0.5, 0.6) is 0 Å². The molecule has 128 valence electrons. The number of amides is 2. The molecule has 4 rings (SSSR count). The number of carbonyl (C=O) groups is 1. The Morgan fingerprint density at radius 1 is 0.923 bits per heavy atom. The average Bonchev–Trinajstić information content (AvgIpc) is 3.17. The van der Waals surface area contributed by atoms with Crippen LogP contribution in [0.3, 0.4) is 0 Å². The topological polar surface area (TPSA) is 80.1 Å². The summed E-state index contributed by atoms with van der Waals surface area (Å²) in [5.74, 6) is 0.841. The van der Waals surface area contributed by atoms with Gasteiger partial charge in [-0.05, 0) is 11.5 Å². The van der Waals surface area contributed by atoms with E-state index in [2.05, 4.69) is 20.8 Å². The maximum atomic E-state index is 12.2. The minimum atomic E-state index is -0.333. The van der Waals surface area contributed by atoms with E-state index in [4.69, 9.17) is 4.52 Å². The molecule has 0 spiro atoms. The molecular formula is C20H16N4O2. The minimum Gasteiger partial charge on any atom is -0.337 e. The fraction of sp³-hybridized carbons (Fsp3) is 0.0500. The number of fused-ring (bicyclic) bond motifs is 1. The first-order valence-electron chi connectivity index (χ1n) is 8.20. The molecule has 6 nitrogen and oxygen atoms in total. The summed E-state index contributed by atoms with van der Waals surface area (Å²) in [5, 5.41) is 11.6. The van der Waals surface area contributed by atoms with Crippen LogP contribution in [0.25, 0.3) is 22.2 Å². The molecule has 0 radical (unpaired) electrons. The van der Waals surface area contributed by atoms with Gasteiger partial charge in [0.05, 0.1) is 12.2 Å². The summed E-state index contributed by atoms with van der Waals surface area (Å²) in [5.41, 5.74) is 1.61. The largest absolute Gasteiger partial charge is 0.337 e. The van der Waals surface area contributed by atoms with Gasteiger partial charge in [-0.15, -0.1) is 0 Å². The highest BCUT2D eigenvalue weighted by molar-refractivity contribution is 6.01. The predicted molar refractivity (Wildman–Crippen MR) is 99.5 cm³/mol. The van der Waals surface area contributed by atoms with Crippen molar-refractivity contribution < 1.29 is 9.32 Å². The summed E-state index contributed by atoms with van der Waals surface area (Å²) < 4.78 is 5.19. The van der Waals surface area contributed by atoms with E-state index in [1.807, 2.05) is 72.8 Å². The minimum absolute atomic E-state index is 0.149. The fourth-order valence-corrected chi connectivity index (χ4v) is 2.69. The molecule has 3 aromatic carbocycles. The van der Waals surface area contributed by atoms with Gasteiger partial charge in [-0.2, -0.15) is 4.98 Å². The number of aromatic nitrogens is 2. The van der Waals surface area contributed by atoms with E-state index < -0.39 is 0 Å². The molecule has 2 N–H and O–H groups in total. The monoisotopic (exact) mass is 344 g/mol. The van der Waals surface area contributed by atoms with Crippen molar-refractivity contribution in [3.8, 4) is 11.4 Å². The molecule has 0 aliphatic carbocycles. The van der Waals surface area contributed by atoms with Gasteiger partial charge in [0.25, 0.3) is 0 Å². The second-order valence-electron chi connectivity index (χ2n) is 5.71. The summed E-state index contributed by atoms with van der Waals surface area (Å²) >= 11 is 0. The Bertz CT molecular complexity index is 1040. The molecule has 0 atom stereocenters. The van der Waals surface area contributed by atoms with E-state index in [0.29, 0.717) is 11.7 Å². The lowest BCUT2D eigenvalue weighted by atomic mass is 10.1. The van der Waals surface area contributed by atoms with E-state index >= 15 is 0 Å². The number of hydrogen-bond donors (Lipinski definition) is 2. The fourth-order valence-electron chi connectivity index (χ4n) is 2.69. The highest BCUT2D eigenvalue weighted by atomic mass is 16.5. The van der Waals surface area contributed by atoms with E-state index in [1.165, 1.54) is 0 Å². The second-order valence-corrected chi connectivity index (χ2v) is 5.71. The van der Waals surface area contributed by atoms with Crippen LogP contribution in [0.2, 0.25) is 0 Å². The summed E-state index contributed by atoms with van der Waals surface area (Å²) in [6, 6.07) is 22.8. The lowest BCUT2D eigenvalue weighted by Gasteiger charge is -2.09.